The van der Waals surface area contributed by atoms with E-state index in [0.717, 1.165) is 31.5 Å². The van der Waals surface area contributed by atoms with Crippen molar-refractivity contribution in [2.45, 2.75) is 59.7 Å². The van der Waals surface area contributed by atoms with Crippen LogP contribution >= 0.6 is 0 Å². The van der Waals surface area contributed by atoms with Crippen molar-refractivity contribution >= 4 is 12.6 Å². The first-order valence-corrected chi connectivity index (χ1v) is 8.49. The Morgan fingerprint density at radius 2 is 1.67 bits per heavy atom. The summed E-state index contributed by atoms with van der Waals surface area (Å²) in [4.78, 5) is 22.9. The largest absolute Gasteiger partial charge is 0.463 e. The van der Waals surface area contributed by atoms with E-state index in [2.05, 4.69) is 4.74 Å². The number of ether oxygens (including phenoxy) is 2. The summed E-state index contributed by atoms with van der Waals surface area (Å²) in [5.41, 5.74) is 0.647. The number of rotatable bonds is 3. The summed E-state index contributed by atoms with van der Waals surface area (Å²) < 4.78 is 9.75. The molecule has 1 saturated heterocycles. The van der Waals surface area contributed by atoms with Crippen molar-refractivity contribution in [1.29, 1.82) is 0 Å². The number of nitrogens with zero attached hydrogens (tertiary/aromatic N) is 1. The van der Waals surface area contributed by atoms with E-state index in [9.17, 15) is 9.59 Å². The number of hydrogen-bond acceptors (Lipinski definition) is 4. The van der Waals surface area contributed by atoms with Crippen LogP contribution in [0.3, 0.4) is 0 Å². The van der Waals surface area contributed by atoms with Gasteiger partial charge in [-0.25, -0.2) is 4.79 Å². The summed E-state index contributed by atoms with van der Waals surface area (Å²) in [7, 11) is 0. The predicted molar refractivity (Wildman–Crippen MR) is 95.7 cm³/mol. The normalized spacial score (nSPS) is 13.0. The first-order chi connectivity index (χ1) is 11.4. The van der Waals surface area contributed by atoms with Crippen molar-refractivity contribution in [2.24, 2.45) is 0 Å². The van der Waals surface area contributed by atoms with Crippen molar-refractivity contribution < 1.29 is 19.1 Å². The van der Waals surface area contributed by atoms with Gasteiger partial charge in [0.2, 0.25) is 0 Å². The highest BCUT2D eigenvalue weighted by molar-refractivity contribution is 5.68. The van der Waals surface area contributed by atoms with Crippen LogP contribution in [0.2, 0.25) is 0 Å². The summed E-state index contributed by atoms with van der Waals surface area (Å²) in [6.07, 6.45) is 2.05. The third-order valence-electron chi connectivity index (χ3n) is 2.92. The van der Waals surface area contributed by atoms with Gasteiger partial charge in [-0.2, -0.15) is 0 Å². The van der Waals surface area contributed by atoms with E-state index in [1.807, 2.05) is 65.0 Å². The molecule has 2 rings (SSSR count). The molecule has 0 aromatic heterocycles. The molecule has 136 valence electrons. The van der Waals surface area contributed by atoms with E-state index in [0.29, 0.717) is 13.1 Å². The molecule has 1 aliphatic heterocycles. The number of amides is 1. The standard InChI is InChI=1S/C9H17NO2.C8H8O2.C2H6/c1-9(2,3)12-8(11)10-6-4-5-7-10;9-7-10-6-8-4-2-1-3-5-8;1-2/h4-7H2,1-3H3;1-5,7H,6H2;1-2H3. The molecular weight excluding hydrogens is 306 g/mol. The Hall–Kier alpha value is -2.04. The molecule has 24 heavy (non-hydrogen) atoms. The molecule has 1 aromatic carbocycles. The van der Waals surface area contributed by atoms with Crippen LogP contribution in [0.5, 0.6) is 0 Å². The van der Waals surface area contributed by atoms with Gasteiger partial charge in [0.1, 0.15) is 12.2 Å². The summed E-state index contributed by atoms with van der Waals surface area (Å²) in [6, 6.07) is 9.55. The average Bonchev–Trinajstić information content (AvgIpc) is 3.10. The van der Waals surface area contributed by atoms with Crippen molar-refractivity contribution in [2.75, 3.05) is 13.1 Å². The number of hydrogen-bond donors (Lipinski definition) is 0. The highest BCUT2D eigenvalue weighted by atomic mass is 16.6. The molecule has 1 heterocycles. The minimum atomic E-state index is -0.361. The van der Waals surface area contributed by atoms with Crippen molar-refractivity contribution in [1.82, 2.24) is 4.90 Å². The van der Waals surface area contributed by atoms with Gasteiger partial charge in [0.15, 0.2) is 0 Å². The molecule has 0 N–H and O–H groups in total. The van der Waals surface area contributed by atoms with Crippen LogP contribution < -0.4 is 0 Å². The Balaban J connectivity index is 0.000000405. The zero-order valence-electron chi connectivity index (χ0n) is 15.6. The summed E-state index contributed by atoms with van der Waals surface area (Å²) in [5, 5.41) is 0. The lowest BCUT2D eigenvalue weighted by molar-refractivity contribution is -0.129. The molecule has 0 saturated carbocycles. The molecule has 0 unspecified atom stereocenters. The van der Waals surface area contributed by atoms with Crippen LogP contribution in [0.15, 0.2) is 30.3 Å². The predicted octanol–water partition coefficient (Wildman–Crippen LogP) is 4.40. The molecule has 1 aromatic rings. The molecule has 1 fully saturated rings. The van der Waals surface area contributed by atoms with Gasteiger partial charge in [0.25, 0.3) is 6.47 Å². The minimum absolute atomic E-state index is 0.167. The highest BCUT2D eigenvalue weighted by Crippen LogP contribution is 2.14. The van der Waals surface area contributed by atoms with Crippen LogP contribution in [-0.2, 0) is 20.9 Å². The third kappa shape index (κ3) is 10.6. The van der Waals surface area contributed by atoms with Gasteiger partial charge in [-0.1, -0.05) is 44.2 Å². The third-order valence-corrected chi connectivity index (χ3v) is 2.92. The quantitative estimate of drug-likeness (QED) is 0.767. The fourth-order valence-corrected chi connectivity index (χ4v) is 1.93. The van der Waals surface area contributed by atoms with Gasteiger partial charge < -0.3 is 14.4 Å². The van der Waals surface area contributed by atoms with Crippen LogP contribution in [-0.4, -0.2) is 36.2 Å². The second kappa shape index (κ2) is 12.4. The Labute approximate surface area is 145 Å². The first-order valence-electron chi connectivity index (χ1n) is 8.49. The molecule has 0 aliphatic carbocycles. The molecule has 0 radical (unpaired) electrons. The zero-order valence-corrected chi connectivity index (χ0v) is 15.6. The monoisotopic (exact) mass is 337 g/mol. The Morgan fingerprint density at radius 3 is 2.12 bits per heavy atom. The minimum Gasteiger partial charge on any atom is -0.463 e. The van der Waals surface area contributed by atoms with Crippen LogP contribution in [0, 0.1) is 0 Å². The summed E-state index contributed by atoms with van der Waals surface area (Å²) >= 11 is 0. The lowest BCUT2D eigenvalue weighted by Crippen LogP contribution is -2.34. The molecule has 1 amide bonds. The van der Waals surface area contributed by atoms with E-state index in [-0.39, 0.29) is 11.7 Å². The van der Waals surface area contributed by atoms with E-state index in [4.69, 9.17) is 4.74 Å². The second-order valence-corrected chi connectivity index (χ2v) is 6.07. The number of carbonyl (C=O) groups is 2. The van der Waals surface area contributed by atoms with E-state index < -0.39 is 0 Å². The average molecular weight is 337 g/mol. The molecule has 5 heteroatoms. The number of benzene rings is 1. The topological polar surface area (TPSA) is 55.8 Å². The molecule has 0 spiro atoms. The van der Waals surface area contributed by atoms with E-state index in [1.54, 1.807) is 4.90 Å². The molecular formula is C19H31NO4. The fourth-order valence-electron chi connectivity index (χ4n) is 1.93. The molecule has 1 aliphatic rings. The van der Waals surface area contributed by atoms with E-state index >= 15 is 0 Å². The summed E-state index contributed by atoms with van der Waals surface area (Å²) in [5.74, 6) is 0. The van der Waals surface area contributed by atoms with Gasteiger partial charge >= 0.3 is 6.09 Å². The second-order valence-electron chi connectivity index (χ2n) is 6.07. The van der Waals surface area contributed by atoms with Gasteiger partial charge in [0, 0.05) is 13.1 Å². The molecule has 5 nitrogen and oxygen atoms in total. The van der Waals surface area contributed by atoms with Crippen LogP contribution in [0.1, 0.15) is 53.0 Å². The van der Waals surface area contributed by atoms with Crippen LogP contribution in [0.4, 0.5) is 4.79 Å². The number of carbonyl (C=O) groups excluding carboxylic acids is 2. The lowest BCUT2D eigenvalue weighted by atomic mass is 10.2. The van der Waals surface area contributed by atoms with Gasteiger partial charge in [0.05, 0.1) is 0 Å². The SMILES string of the molecule is CC.CC(C)(C)OC(=O)N1CCCC1.O=COCc1ccccc1. The first kappa shape index (κ1) is 22.0. The smallest absolute Gasteiger partial charge is 0.410 e. The Bertz CT molecular complexity index is 448. The Morgan fingerprint density at radius 1 is 1.12 bits per heavy atom. The van der Waals surface area contributed by atoms with Crippen molar-refractivity contribution in [3.05, 3.63) is 35.9 Å². The maximum absolute atomic E-state index is 11.4. The van der Waals surface area contributed by atoms with Gasteiger partial charge in [-0.05, 0) is 39.2 Å². The van der Waals surface area contributed by atoms with Gasteiger partial charge in [-0.15, -0.1) is 0 Å². The fraction of sp³-hybridized carbons (Fsp3) is 0.579. The maximum Gasteiger partial charge on any atom is 0.410 e. The molecule has 0 atom stereocenters. The molecule has 0 bridgehead atoms. The maximum atomic E-state index is 11.4. The Kier molecular flexibility index (Phi) is 11.3. The van der Waals surface area contributed by atoms with Gasteiger partial charge in [-0.3, -0.25) is 4.79 Å². The highest BCUT2D eigenvalue weighted by Gasteiger charge is 2.23. The summed E-state index contributed by atoms with van der Waals surface area (Å²) in [6.45, 7) is 12.2. The lowest BCUT2D eigenvalue weighted by Gasteiger charge is -2.23. The van der Waals surface area contributed by atoms with Crippen molar-refractivity contribution in [3.63, 3.8) is 0 Å². The van der Waals surface area contributed by atoms with Crippen molar-refractivity contribution in [3.8, 4) is 0 Å². The number of likely N-dealkylation sites (tertiary alicyclic amines) is 1. The van der Waals surface area contributed by atoms with Crippen LogP contribution in [0.25, 0.3) is 0 Å². The zero-order chi connectivity index (χ0) is 18.4. The van der Waals surface area contributed by atoms with E-state index in [1.165, 1.54) is 0 Å².